The van der Waals surface area contributed by atoms with E-state index >= 15 is 0 Å². The summed E-state index contributed by atoms with van der Waals surface area (Å²) in [6, 6.07) is 3.91. The molecule has 0 radical (unpaired) electrons. The maximum absolute atomic E-state index is 13.8. The fraction of sp³-hybridized carbons (Fsp3) is 0.636. The second-order valence-corrected chi connectivity index (χ2v) is 8.34. The van der Waals surface area contributed by atoms with Crippen molar-refractivity contribution in [2.75, 3.05) is 26.8 Å². The lowest BCUT2D eigenvalue weighted by atomic mass is 9.79. The van der Waals surface area contributed by atoms with Crippen molar-refractivity contribution >= 4 is 11.7 Å². The van der Waals surface area contributed by atoms with Gasteiger partial charge < -0.3 is 9.57 Å². The number of ketones is 1. The van der Waals surface area contributed by atoms with Gasteiger partial charge in [-0.25, -0.2) is 9.90 Å². The molecule has 0 bridgehead atoms. The van der Waals surface area contributed by atoms with Crippen LogP contribution in [0.4, 0.5) is 0 Å². The lowest BCUT2D eigenvalue weighted by molar-refractivity contribution is -0.288. The van der Waals surface area contributed by atoms with Gasteiger partial charge in [0.25, 0.3) is 5.91 Å². The van der Waals surface area contributed by atoms with E-state index in [1.54, 1.807) is 7.11 Å². The molecule has 0 aliphatic carbocycles. The Morgan fingerprint density at radius 1 is 1.10 bits per heavy atom. The largest absolute Gasteiger partial charge is 0.350 e. The number of ether oxygens (including phenoxy) is 1. The second-order valence-electron chi connectivity index (χ2n) is 8.34. The van der Waals surface area contributed by atoms with Crippen molar-refractivity contribution in [1.82, 2.24) is 10.1 Å². The number of amides is 1. The molecule has 7 heteroatoms. The van der Waals surface area contributed by atoms with Gasteiger partial charge in [0.05, 0.1) is 13.7 Å². The van der Waals surface area contributed by atoms with E-state index in [1.165, 1.54) is 5.06 Å². The molecule has 29 heavy (non-hydrogen) atoms. The topological polar surface area (TPSA) is 68.3 Å². The third-order valence-electron chi connectivity index (χ3n) is 6.89. The molecule has 1 amide bonds. The summed E-state index contributed by atoms with van der Waals surface area (Å²) in [5.74, 6) is -1.17. The molecule has 4 rings (SSSR count). The van der Waals surface area contributed by atoms with Crippen molar-refractivity contribution < 1.29 is 24.0 Å². The van der Waals surface area contributed by atoms with Crippen LogP contribution in [-0.2, 0) is 24.0 Å². The molecular formula is C22H30N2O5. The molecule has 7 nitrogen and oxygen atoms in total. The van der Waals surface area contributed by atoms with Gasteiger partial charge in [0.2, 0.25) is 0 Å². The Balaban J connectivity index is 1.72. The van der Waals surface area contributed by atoms with Crippen molar-refractivity contribution in [1.29, 1.82) is 0 Å². The molecule has 1 aromatic carbocycles. The minimum Gasteiger partial charge on any atom is -0.350 e. The molecular weight excluding hydrogens is 372 g/mol. The first-order chi connectivity index (χ1) is 13.9. The number of carbonyl (C=O) groups excluding carboxylic acids is 2. The van der Waals surface area contributed by atoms with E-state index in [0.717, 1.165) is 35.1 Å². The van der Waals surface area contributed by atoms with Crippen LogP contribution in [0.1, 0.15) is 53.9 Å². The van der Waals surface area contributed by atoms with Crippen LogP contribution in [0, 0.1) is 20.8 Å². The monoisotopic (exact) mass is 402 g/mol. The summed E-state index contributed by atoms with van der Waals surface area (Å²) < 4.78 is 5.61. The molecule has 3 fully saturated rings. The normalized spacial score (nSPS) is 27.4. The van der Waals surface area contributed by atoms with Gasteiger partial charge in [-0.2, -0.15) is 5.06 Å². The number of carbonyl (C=O) groups is 2. The highest BCUT2D eigenvalue weighted by molar-refractivity contribution is 6.17. The van der Waals surface area contributed by atoms with Gasteiger partial charge in [0.1, 0.15) is 11.5 Å². The minimum absolute atomic E-state index is 0.0670. The molecule has 3 aliphatic heterocycles. The number of rotatable bonds is 4. The number of benzene rings is 1. The number of hydroxylamine groups is 4. The van der Waals surface area contributed by atoms with Gasteiger partial charge in [-0.3, -0.25) is 9.59 Å². The number of hydrogen-bond donors (Lipinski definition) is 0. The molecule has 3 saturated heterocycles. The summed E-state index contributed by atoms with van der Waals surface area (Å²) in [6.45, 7) is 7.82. The molecule has 0 saturated carbocycles. The molecule has 1 spiro atoms. The maximum Gasteiger partial charge on any atom is 0.262 e. The number of Topliss-reactive ketones (excluding diaryl/α,β-unsaturated/α-hetero) is 1. The minimum atomic E-state index is -0.964. The van der Waals surface area contributed by atoms with Crippen molar-refractivity contribution in [2.24, 2.45) is 0 Å². The highest BCUT2D eigenvalue weighted by Crippen LogP contribution is 2.45. The van der Waals surface area contributed by atoms with Crippen molar-refractivity contribution in [3.63, 3.8) is 0 Å². The predicted molar refractivity (Wildman–Crippen MR) is 106 cm³/mol. The quantitative estimate of drug-likeness (QED) is 0.721. The zero-order valence-electron chi connectivity index (χ0n) is 17.7. The van der Waals surface area contributed by atoms with Crippen LogP contribution < -0.4 is 0 Å². The van der Waals surface area contributed by atoms with E-state index in [2.05, 4.69) is 0 Å². The number of aryl methyl sites for hydroxylation is 1. The van der Waals surface area contributed by atoms with Crippen LogP contribution in [0.25, 0.3) is 0 Å². The van der Waals surface area contributed by atoms with E-state index < -0.39 is 17.7 Å². The molecule has 0 N–H and O–H groups in total. The summed E-state index contributed by atoms with van der Waals surface area (Å²) in [5.41, 5.74) is 3.09. The first-order valence-electron chi connectivity index (χ1n) is 10.4. The molecule has 3 heterocycles. The molecule has 2 atom stereocenters. The summed E-state index contributed by atoms with van der Waals surface area (Å²) in [7, 11) is 1.63. The smallest absolute Gasteiger partial charge is 0.262 e. The molecule has 158 valence electrons. The van der Waals surface area contributed by atoms with Crippen molar-refractivity contribution in [3.05, 3.63) is 34.4 Å². The second kappa shape index (κ2) is 7.80. The summed E-state index contributed by atoms with van der Waals surface area (Å²) in [4.78, 5) is 38.7. The lowest BCUT2D eigenvalue weighted by Gasteiger charge is -2.42. The fourth-order valence-electron chi connectivity index (χ4n) is 4.76. The van der Waals surface area contributed by atoms with Crippen molar-refractivity contribution in [3.8, 4) is 0 Å². The summed E-state index contributed by atoms with van der Waals surface area (Å²) in [5, 5.41) is 3.19. The Bertz CT molecular complexity index is 810. The van der Waals surface area contributed by atoms with Gasteiger partial charge in [0, 0.05) is 19.5 Å². The zero-order valence-corrected chi connectivity index (χ0v) is 17.7. The summed E-state index contributed by atoms with van der Waals surface area (Å²) >= 11 is 0. The Morgan fingerprint density at radius 2 is 1.83 bits per heavy atom. The van der Waals surface area contributed by atoms with Crippen LogP contribution in [0.15, 0.2) is 12.1 Å². The highest BCUT2D eigenvalue weighted by atomic mass is 16.8. The third kappa shape index (κ3) is 3.30. The lowest BCUT2D eigenvalue weighted by Crippen LogP contribution is -2.56. The van der Waals surface area contributed by atoms with E-state index in [1.807, 2.05) is 38.0 Å². The zero-order chi connectivity index (χ0) is 20.8. The van der Waals surface area contributed by atoms with E-state index in [9.17, 15) is 9.59 Å². The van der Waals surface area contributed by atoms with Gasteiger partial charge in [-0.05, 0) is 62.3 Å². The average Bonchev–Trinajstić information content (AvgIpc) is 3.30. The van der Waals surface area contributed by atoms with Crippen LogP contribution in [-0.4, -0.2) is 60.5 Å². The third-order valence-corrected chi connectivity index (χ3v) is 6.89. The summed E-state index contributed by atoms with van der Waals surface area (Å²) in [6.07, 6.45) is 2.12. The average molecular weight is 402 g/mol. The maximum atomic E-state index is 13.8. The van der Waals surface area contributed by atoms with Gasteiger partial charge in [-0.1, -0.05) is 12.1 Å². The van der Waals surface area contributed by atoms with Crippen LogP contribution >= 0.6 is 0 Å². The van der Waals surface area contributed by atoms with Crippen molar-refractivity contribution in [2.45, 2.75) is 64.2 Å². The first kappa shape index (κ1) is 20.5. The van der Waals surface area contributed by atoms with Gasteiger partial charge in [-0.15, -0.1) is 0 Å². The number of piperidine rings is 1. The molecule has 1 aromatic rings. The van der Waals surface area contributed by atoms with E-state index in [0.29, 0.717) is 32.5 Å². The van der Waals surface area contributed by atoms with Gasteiger partial charge >= 0.3 is 0 Å². The number of hydrogen-bond acceptors (Lipinski definition) is 6. The highest BCUT2D eigenvalue weighted by Gasteiger charge is 2.61. The first-order valence-corrected chi connectivity index (χ1v) is 10.4. The molecule has 2 unspecified atom stereocenters. The standard InChI is InChI=1S/C22H30N2O5/c1-14-7-8-17(16(3)15(14)2)19-20(25)22(9-11-23(27-4)12-10-22)24(21(19)26)29-18-6-5-13-28-18/h7-8,18-19H,5-6,9-13H2,1-4H3. The van der Waals surface area contributed by atoms with Crippen LogP contribution in [0.5, 0.6) is 0 Å². The SMILES string of the molecule is CON1CCC2(CC1)C(=O)C(c1ccc(C)c(C)c1C)C(=O)N2OC1CCCO1. The fourth-order valence-corrected chi connectivity index (χ4v) is 4.76. The molecule has 0 aromatic heterocycles. The Labute approximate surface area is 171 Å². The van der Waals surface area contributed by atoms with Crippen LogP contribution in [0.2, 0.25) is 0 Å². The Kier molecular flexibility index (Phi) is 5.50. The predicted octanol–water partition coefficient (Wildman–Crippen LogP) is 2.57. The Morgan fingerprint density at radius 3 is 2.45 bits per heavy atom. The van der Waals surface area contributed by atoms with Crippen LogP contribution in [0.3, 0.4) is 0 Å². The van der Waals surface area contributed by atoms with Gasteiger partial charge in [0.15, 0.2) is 12.1 Å². The Hall–Kier alpha value is -1.80. The number of nitrogens with zero attached hydrogens (tertiary/aromatic N) is 2. The van der Waals surface area contributed by atoms with E-state index in [-0.39, 0.29) is 11.7 Å². The van der Waals surface area contributed by atoms with E-state index in [4.69, 9.17) is 14.4 Å². The molecule has 3 aliphatic rings.